The van der Waals surface area contributed by atoms with E-state index in [1.165, 1.54) is 5.57 Å². The first kappa shape index (κ1) is 44.3. The summed E-state index contributed by atoms with van der Waals surface area (Å²) in [7, 11) is 4.17. The lowest BCUT2D eigenvalue weighted by molar-refractivity contribution is -0.235. The lowest BCUT2D eigenvalue weighted by atomic mass is 9.33. The summed E-state index contributed by atoms with van der Waals surface area (Å²) in [5, 5.41) is 23.0. The van der Waals surface area contributed by atoms with E-state index in [-0.39, 0.29) is 51.8 Å². The zero-order chi connectivity index (χ0) is 42.1. The van der Waals surface area contributed by atoms with Crippen molar-refractivity contribution < 1.29 is 29.3 Å². The number of likely N-dealkylation sites (N-methyl/N-ethyl adjacent to an activating group) is 1. The van der Waals surface area contributed by atoms with Crippen LogP contribution in [0.25, 0.3) is 0 Å². The van der Waals surface area contributed by atoms with Gasteiger partial charge in [-0.05, 0) is 142 Å². The molecule has 57 heavy (non-hydrogen) atoms. The van der Waals surface area contributed by atoms with E-state index in [2.05, 4.69) is 84.5 Å². The molecule has 1 aromatic rings. The molecular formula is C48H73ClN2O6. The van der Waals surface area contributed by atoms with Crippen LogP contribution in [-0.4, -0.2) is 83.7 Å². The van der Waals surface area contributed by atoms with Crippen molar-refractivity contribution in [3.8, 4) is 0 Å². The van der Waals surface area contributed by atoms with E-state index >= 15 is 0 Å². The number of carboxylic acids is 1. The molecule has 0 radical (unpaired) electrons. The van der Waals surface area contributed by atoms with E-state index in [0.29, 0.717) is 36.4 Å². The molecule has 9 atom stereocenters. The van der Waals surface area contributed by atoms with Crippen LogP contribution in [0, 0.1) is 56.2 Å². The Balaban J connectivity index is 1.29. The molecule has 3 unspecified atom stereocenters. The summed E-state index contributed by atoms with van der Waals surface area (Å²) in [4.78, 5) is 43.8. The highest BCUT2D eigenvalue weighted by molar-refractivity contribution is 6.30. The first-order valence-corrected chi connectivity index (χ1v) is 22.3. The van der Waals surface area contributed by atoms with Gasteiger partial charge >= 0.3 is 11.9 Å². The van der Waals surface area contributed by atoms with Crippen molar-refractivity contribution in [1.29, 1.82) is 0 Å². The third-order valence-electron chi connectivity index (χ3n) is 17.1. The Bertz CT molecular complexity index is 1740. The van der Waals surface area contributed by atoms with Crippen LogP contribution in [-0.2, 0) is 25.7 Å². The van der Waals surface area contributed by atoms with Crippen molar-refractivity contribution in [2.75, 3.05) is 33.7 Å². The molecular weight excluding hydrogens is 736 g/mol. The molecule has 6 rings (SSSR count). The Labute approximate surface area is 348 Å². The molecule has 4 fully saturated rings. The molecule has 0 amide bonds. The number of benzene rings is 1. The highest BCUT2D eigenvalue weighted by Gasteiger charge is 2.71. The number of hydrogen-bond donors (Lipinski definition) is 2. The number of ketones is 1. The second-order valence-corrected chi connectivity index (χ2v) is 22.2. The van der Waals surface area contributed by atoms with Crippen molar-refractivity contribution in [3.05, 3.63) is 46.0 Å². The zero-order valence-electron chi connectivity index (χ0n) is 37.0. The number of fused-ring (bicyclic) bond motifs is 7. The highest BCUT2D eigenvalue weighted by atomic mass is 35.5. The maximum Gasteiger partial charge on any atom is 0.309 e. The second-order valence-electron chi connectivity index (χ2n) is 21.7. The number of hydrogen-bond acceptors (Lipinski definition) is 7. The molecule has 0 bridgehead atoms. The van der Waals surface area contributed by atoms with Gasteiger partial charge in [-0.3, -0.25) is 19.3 Å². The average molecular weight is 810 g/mol. The Morgan fingerprint density at radius 3 is 2.19 bits per heavy atom. The molecule has 0 saturated heterocycles. The van der Waals surface area contributed by atoms with Crippen LogP contribution in [0.2, 0.25) is 5.02 Å². The number of nitrogens with zero attached hydrogens (tertiary/aromatic N) is 2. The van der Waals surface area contributed by atoms with Gasteiger partial charge in [-0.25, -0.2) is 0 Å². The second kappa shape index (κ2) is 15.6. The minimum atomic E-state index is -1.17. The maximum absolute atomic E-state index is 14.3. The quantitative estimate of drug-likeness (QED) is 0.190. The standard InChI is InChI=1S/C48H73ClN2O6/c1-30(2)40-34(52)26-48(37(53)29-51(25-24-50(10)11)28-31-12-14-32(49)15-13-31)23-22-46(8)33(41(40)48)16-17-36-45(7)20-19-38(57-39(54)27-43(3,4)42(55)56)44(5,6)35(45)18-21-47(36,46)9/h12-15,30,33,35-38,53H,16-29H2,1-11H3,(H,55,56)/t33-,35?,36+,37?,38?,45+,46-,47-,48+/m1/s1. The number of carbonyl (C=O) groups excluding carboxylic acids is 2. The molecule has 1 aromatic carbocycles. The first-order chi connectivity index (χ1) is 26.4. The number of allylic oxidation sites excluding steroid dienone is 1. The number of ether oxygens (including phenoxy) is 1. The molecule has 0 aliphatic heterocycles. The summed E-state index contributed by atoms with van der Waals surface area (Å²) < 4.78 is 6.20. The van der Waals surface area contributed by atoms with Gasteiger partial charge in [0.1, 0.15) is 6.10 Å². The summed E-state index contributed by atoms with van der Waals surface area (Å²) in [5.41, 5.74) is 1.54. The highest BCUT2D eigenvalue weighted by Crippen LogP contribution is 2.77. The average Bonchev–Trinajstić information content (AvgIpc) is 3.42. The van der Waals surface area contributed by atoms with Crippen LogP contribution < -0.4 is 0 Å². The van der Waals surface area contributed by atoms with Gasteiger partial charge < -0.3 is 19.8 Å². The lowest BCUT2D eigenvalue weighted by Crippen LogP contribution is -2.66. The van der Waals surface area contributed by atoms with Crippen LogP contribution in [0.15, 0.2) is 35.4 Å². The van der Waals surface area contributed by atoms with Crippen LogP contribution in [0.1, 0.15) is 132 Å². The van der Waals surface area contributed by atoms with Crippen LogP contribution in [0.3, 0.4) is 0 Å². The van der Waals surface area contributed by atoms with E-state index in [4.69, 9.17) is 16.3 Å². The van der Waals surface area contributed by atoms with E-state index in [1.807, 2.05) is 12.1 Å². The van der Waals surface area contributed by atoms with Gasteiger partial charge in [0.05, 0.1) is 17.9 Å². The number of esters is 1. The van der Waals surface area contributed by atoms with E-state index in [9.17, 15) is 24.6 Å². The fourth-order valence-electron chi connectivity index (χ4n) is 13.8. The van der Waals surface area contributed by atoms with Crippen molar-refractivity contribution in [3.63, 3.8) is 0 Å². The predicted molar refractivity (Wildman–Crippen MR) is 227 cm³/mol. The van der Waals surface area contributed by atoms with Crippen molar-refractivity contribution in [1.82, 2.24) is 9.80 Å². The van der Waals surface area contributed by atoms with Crippen molar-refractivity contribution in [2.24, 2.45) is 56.2 Å². The Kier molecular flexibility index (Phi) is 12.2. The summed E-state index contributed by atoms with van der Waals surface area (Å²) in [6, 6.07) is 8.00. The summed E-state index contributed by atoms with van der Waals surface area (Å²) >= 11 is 6.24. The number of carboxylic acid groups (broad SMARTS) is 1. The fourth-order valence-corrected chi connectivity index (χ4v) is 13.9. The Morgan fingerprint density at radius 1 is 0.912 bits per heavy atom. The van der Waals surface area contributed by atoms with E-state index in [0.717, 1.165) is 75.6 Å². The SMILES string of the molecule is CC(C)C1=C2[C@H]3CC[C@H]4[C@@]5(C)CCC(OC(=O)CC(C)(C)C(=O)O)C(C)(C)C5CC[C@@]4(C)[C@]3(C)CC[C@@]2(C(O)CN(CCN(C)C)Cc2ccc(Cl)cc2)CC1=O. The summed E-state index contributed by atoms with van der Waals surface area (Å²) in [6.07, 6.45) is 7.13. The smallest absolute Gasteiger partial charge is 0.309 e. The third-order valence-corrected chi connectivity index (χ3v) is 17.4. The number of Topliss-reactive ketones (excluding diaryl/α,β-unsaturated/α-hetero) is 1. The number of carbonyl (C=O) groups is 3. The molecule has 318 valence electrons. The summed E-state index contributed by atoms with van der Waals surface area (Å²) in [5.74, 6) is 0.00261. The molecule has 8 nitrogen and oxygen atoms in total. The number of aliphatic hydroxyl groups is 1. The zero-order valence-corrected chi connectivity index (χ0v) is 37.7. The van der Waals surface area contributed by atoms with Gasteiger partial charge in [0.25, 0.3) is 0 Å². The molecule has 5 aliphatic rings. The predicted octanol–water partition coefficient (Wildman–Crippen LogP) is 9.46. The van der Waals surface area contributed by atoms with E-state index < -0.39 is 28.9 Å². The maximum atomic E-state index is 14.3. The normalized spacial score (nSPS) is 35.5. The molecule has 2 N–H and O–H groups in total. The Hall–Kier alpha value is -2.26. The van der Waals surface area contributed by atoms with Gasteiger partial charge in [0.2, 0.25) is 0 Å². The van der Waals surface area contributed by atoms with Gasteiger partial charge in [-0.1, -0.05) is 77.8 Å². The number of halogens is 1. The molecule has 4 saturated carbocycles. The van der Waals surface area contributed by atoms with Gasteiger partial charge in [-0.15, -0.1) is 0 Å². The molecule has 0 spiro atoms. The molecule has 0 heterocycles. The number of aliphatic hydroxyl groups excluding tert-OH is 1. The van der Waals surface area contributed by atoms with Crippen LogP contribution in [0.5, 0.6) is 0 Å². The summed E-state index contributed by atoms with van der Waals surface area (Å²) in [6.45, 7) is 22.6. The molecule has 0 aromatic heterocycles. The lowest BCUT2D eigenvalue weighted by Gasteiger charge is -2.72. The monoisotopic (exact) mass is 809 g/mol. The van der Waals surface area contributed by atoms with Crippen LogP contribution in [0.4, 0.5) is 0 Å². The minimum Gasteiger partial charge on any atom is -0.481 e. The van der Waals surface area contributed by atoms with Gasteiger partial charge in [0, 0.05) is 48.5 Å². The van der Waals surface area contributed by atoms with Gasteiger partial charge in [0.15, 0.2) is 5.78 Å². The first-order valence-electron chi connectivity index (χ1n) is 21.9. The minimum absolute atomic E-state index is 0.0308. The number of aliphatic carboxylic acids is 1. The third kappa shape index (κ3) is 7.58. The topological polar surface area (TPSA) is 107 Å². The largest absolute Gasteiger partial charge is 0.481 e. The molecule has 9 heteroatoms. The van der Waals surface area contributed by atoms with Gasteiger partial charge in [-0.2, -0.15) is 0 Å². The van der Waals surface area contributed by atoms with Crippen molar-refractivity contribution in [2.45, 2.75) is 145 Å². The van der Waals surface area contributed by atoms with Crippen molar-refractivity contribution >= 4 is 29.3 Å². The Morgan fingerprint density at radius 2 is 1.58 bits per heavy atom. The van der Waals surface area contributed by atoms with Crippen LogP contribution >= 0.6 is 11.6 Å². The molecule has 5 aliphatic carbocycles. The number of rotatable bonds is 13. The fraction of sp³-hybridized carbons (Fsp3) is 0.771. The van der Waals surface area contributed by atoms with E-state index in [1.54, 1.807) is 13.8 Å².